The van der Waals surface area contributed by atoms with Crippen molar-refractivity contribution in [2.45, 2.75) is 10.9 Å². The van der Waals surface area contributed by atoms with Crippen molar-refractivity contribution in [1.82, 2.24) is 9.62 Å². The van der Waals surface area contributed by atoms with Gasteiger partial charge in [0.15, 0.2) is 0 Å². The van der Waals surface area contributed by atoms with E-state index in [1.807, 2.05) is 49.3 Å². The van der Waals surface area contributed by atoms with Crippen LogP contribution in [0.2, 0.25) is 5.02 Å². The average Bonchev–Trinajstić information content (AvgIpc) is 2.50. The molecule has 124 valence electrons. The molecule has 1 atom stereocenters. The predicted octanol–water partition coefficient (Wildman–Crippen LogP) is 3.06. The van der Waals surface area contributed by atoms with Gasteiger partial charge in [-0.05, 0) is 37.9 Å². The molecule has 0 saturated heterocycles. The fraction of sp³-hybridized carbons (Fsp3) is 0.250. The third-order valence-electron chi connectivity index (χ3n) is 3.48. The molecule has 0 aromatic heterocycles. The maximum atomic E-state index is 13.2. The number of nitrogens with zero attached hydrogens (tertiary/aromatic N) is 1. The van der Waals surface area contributed by atoms with Crippen LogP contribution in [-0.2, 0) is 10.0 Å². The quantitative estimate of drug-likeness (QED) is 0.865. The first-order valence-electron chi connectivity index (χ1n) is 6.97. The van der Waals surface area contributed by atoms with Crippen molar-refractivity contribution in [1.29, 1.82) is 0 Å². The lowest BCUT2D eigenvalue weighted by Gasteiger charge is -2.25. The van der Waals surface area contributed by atoms with E-state index in [1.165, 1.54) is 6.07 Å². The highest BCUT2D eigenvalue weighted by Gasteiger charge is 2.20. The Hall–Kier alpha value is -1.47. The van der Waals surface area contributed by atoms with Crippen LogP contribution >= 0.6 is 11.6 Å². The van der Waals surface area contributed by atoms with Gasteiger partial charge in [-0.2, -0.15) is 0 Å². The molecule has 0 aliphatic carbocycles. The Bertz CT molecular complexity index is 767. The molecule has 0 bridgehead atoms. The molecule has 2 aromatic carbocycles. The second-order valence-corrected chi connectivity index (χ2v) is 7.49. The van der Waals surface area contributed by atoms with Gasteiger partial charge in [0.05, 0.1) is 9.92 Å². The molecule has 0 fully saturated rings. The Morgan fingerprint density at radius 3 is 2.39 bits per heavy atom. The molecule has 2 rings (SSSR count). The summed E-state index contributed by atoms with van der Waals surface area (Å²) >= 11 is 5.65. The molecule has 0 radical (unpaired) electrons. The van der Waals surface area contributed by atoms with Crippen LogP contribution < -0.4 is 4.72 Å². The van der Waals surface area contributed by atoms with Crippen LogP contribution in [0.4, 0.5) is 4.39 Å². The summed E-state index contributed by atoms with van der Waals surface area (Å²) in [6.07, 6.45) is 0. The standard InChI is InChI=1S/C16H18ClFN2O2S/c1-20(2)16(12-6-4-3-5-7-12)11-19-23(21,22)13-8-9-15(18)14(17)10-13/h3-10,16,19H,11H2,1-2H3. The van der Waals surface area contributed by atoms with Gasteiger partial charge in [0.1, 0.15) is 5.82 Å². The van der Waals surface area contributed by atoms with Crippen molar-refractivity contribution in [3.05, 3.63) is 64.9 Å². The molecule has 0 aliphatic heterocycles. The molecule has 7 heteroatoms. The third-order valence-corrected chi connectivity index (χ3v) is 5.19. The van der Waals surface area contributed by atoms with Crippen molar-refractivity contribution < 1.29 is 12.8 Å². The van der Waals surface area contributed by atoms with Gasteiger partial charge in [0.25, 0.3) is 0 Å². The van der Waals surface area contributed by atoms with Crippen molar-refractivity contribution >= 4 is 21.6 Å². The fourth-order valence-corrected chi connectivity index (χ4v) is 3.50. The Labute approximate surface area is 140 Å². The van der Waals surface area contributed by atoms with Crippen molar-refractivity contribution in [2.75, 3.05) is 20.6 Å². The molecule has 0 heterocycles. The van der Waals surface area contributed by atoms with Crippen molar-refractivity contribution in [3.63, 3.8) is 0 Å². The smallest absolute Gasteiger partial charge is 0.240 e. The topological polar surface area (TPSA) is 49.4 Å². The molecule has 0 spiro atoms. The fourth-order valence-electron chi connectivity index (χ4n) is 2.19. The molecule has 0 saturated carbocycles. The normalized spacial score (nSPS) is 13.3. The van der Waals surface area contributed by atoms with Gasteiger partial charge >= 0.3 is 0 Å². The summed E-state index contributed by atoms with van der Waals surface area (Å²) in [5.41, 5.74) is 0.998. The Kier molecular flexibility index (Phi) is 5.75. The van der Waals surface area contributed by atoms with E-state index in [4.69, 9.17) is 11.6 Å². The van der Waals surface area contributed by atoms with Crippen molar-refractivity contribution in [3.8, 4) is 0 Å². The zero-order chi connectivity index (χ0) is 17.0. The number of nitrogens with one attached hydrogen (secondary N) is 1. The van der Waals surface area contributed by atoms with Crippen LogP contribution in [0.15, 0.2) is 53.4 Å². The number of hydrogen-bond acceptors (Lipinski definition) is 3. The first-order valence-corrected chi connectivity index (χ1v) is 8.83. The zero-order valence-electron chi connectivity index (χ0n) is 12.8. The van der Waals surface area contributed by atoms with E-state index < -0.39 is 15.8 Å². The zero-order valence-corrected chi connectivity index (χ0v) is 14.4. The van der Waals surface area contributed by atoms with E-state index in [0.29, 0.717) is 0 Å². The van der Waals surface area contributed by atoms with E-state index in [2.05, 4.69) is 4.72 Å². The van der Waals surface area contributed by atoms with Crippen LogP contribution in [0.1, 0.15) is 11.6 Å². The highest BCUT2D eigenvalue weighted by molar-refractivity contribution is 7.89. The van der Waals surface area contributed by atoms with E-state index in [1.54, 1.807) is 0 Å². The molecule has 0 amide bonds. The molecule has 1 N–H and O–H groups in total. The minimum atomic E-state index is -3.76. The van der Waals surface area contributed by atoms with Gasteiger partial charge in [-0.3, -0.25) is 0 Å². The van der Waals surface area contributed by atoms with E-state index >= 15 is 0 Å². The van der Waals surface area contributed by atoms with Crippen LogP contribution in [0.3, 0.4) is 0 Å². The molecule has 23 heavy (non-hydrogen) atoms. The second-order valence-electron chi connectivity index (χ2n) is 5.32. The number of halogens is 2. The summed E-state index contributed by atoms with van der Waals surface area (Å²) in [5, 5.41) is -0.222. The van der Waals surface area contributed by atoms with Crippen LogP contribution in [-0.4, -0.2) is 34.0 Å². The van der Waals surface area contributed by atoms with Crippen LogP contribution in [0, 0.1) is 5.82 Å². The summed E-state index contributed by atoms with van der Waals surface area (Å²) in [5.74, 6) is -0.652. The summed E-state index contributed by atoms with van der Waals surface area (Å²) in [4.78, 5) is 1.87. The van der Waals surface area contributed by atoms with Crippen LogP contribution in [0.25, 0.3) is 0 Å². The average molecular weight is 357 g/mol. The number of rotatable bonds is 6. The first-order chi connectivity index (χ1) is 10.8. The number of likely N-dealkylation sites (N-methyl/N-ethyl adjacent to an activating group) is 1. The Balaban J connectivity index is 2.18. The van der Waals surface area contributed by atoms with E-state index in [9.17, 15) is 12.8 Å². The molecular weight excluding hydrogens is 339 g/mol. The van der Waals surface area contributed by atoms with Crippen LogP contribution in [0.5, 0.6) is 0 Å². The highest BCUT2D eigenvalue weighted by atomic mass is 35.5. The third kappa shape index (κ3) is 4.51. The molecular formula is C16H18ClFN2O2S. The van der Waals surface area contributed by atoms with Gasteiger partial charge in [-0.1, -0.05) is 41.9 Å². The lowest BCUT2D eigenvalue weighted by molar-refractivity contribution is 0.299. The SMILES string of the molecule is CN(C)C(CNS(=O)(=O)c1ccc(F)c(Cl)c1)c1ccccc1. The molecule has 1 unspecified atom stereocenters. The predicted molar refractivity (Wildman–Crippen MR) is 89.5 cm³/mol. The summed E-state index contributed by atoms with van der Waals surface area (Å²) < 4.78 is 40.4. The van der Waals surface area contributed by atoms with Gasteiger partial charge < -0.3 is 4.90 Å². The Morgan fingerprint density at radius 2 is 1.83 bits per heavy atom. The van der Waals surface area contributed by atoms with Gasteiger partial charge in [-0.15, -0.1) is 0 Å². The lowest BCUT2D eigenvalue weighted by atomic mass is 10.1. The maximum absolute atomic E-state index is 13.2. The summed E-state index contributed by atoms with van der Waals surface area (Å²) in [6.45, 7) is 0.189. The second kappa shape index (κ2) is 7.40. The van der Waals surface area contributed by atoms with Gasteiger partial charge in [0, 0.05) is 12.6 Å². The van der Waals surface area contributed by atoms with Gasteiger partial charge in [-0.25, -0.2) is 17.5 Å². The molecule has 2 aromatic rings. The lowest BCUT2D eigenvalue weighted by Crippen LogP contribution is -2.34. The molecule has 0 aliphatic rings. The number of benzene rings is 2. The number of hydrogen-bond donors (Lipinski definition) is 1. The highest BCUT2D eigenvalue weighted by Crippen LogP contribution is 2.21. The monoisotopic (exact) mass is 356 g/mol. The molecule has 4 nitrogen and oxygen atoms in total. The van der Waals surface area contributed by atoms with E-state index in [0.717, 1.165) is 17.7 Å². The minimum Gasteiger partial charge on any atom is -0.301 e. The van der Waals surface area contributed by atoms with Crippen molar-refractivity contribution in [2.24, 2.45) is 0 Å². The Morgan fingerprint density at radius 1 is 1.17 bits per heavy atom. The van der Waals surface area contributed by atoms with Gasteiger partial charge in [0.2, 0.25) is 10.0 Å². The van der Waals surface area contributed by atoms with E-state index in [-0.39, 0.29) is 22.5 Å². The maximum Gasteiger partial charge on any atom is 0.240 e. The summed E-state index contributed by atoms with van der Waals surface area (Å²) in [7, 11) is -0.0125. The first kappa shape index (κ1) is 17.9. The summed E-state index contributed by atoms with van der Waals surface area (Å²) in [6, 6.07) is 12.8. The minimum absolute atomic E-state index is 0.0607. The number of sulfonamides is 1. The largest absolute Gasteiger partial charge is 0.301 e.